The molecule has 0 spiro atoms. The summed E-state index contributed by atoms with van der Waals surface area (Å²) in [6.45, 7) is 0. The standard InChI is InChI=1S/C4HBrF3NS.C3HBrINS/c5-2-1-9-3(10-2)4(6,7)8;4-2-1-6-3(5)7-2/h1H;1H. The Balaban J connectivity index is 0.000000181. The summed E-state index contributed by atoms with van der Waals surface area (Å²) in [7, 11) is 0. The molecule has 0 amide bonds. The average Bonchev–Trinajstić information content (AvgIpc) is 2.75. The minimum Gasteiger partial charge on any atom is -0.239 e. The first-order valence-electron chi connectivity index (χ1n) is 3.74. The predicted octanol–water partition coefficient (Wildman–Crippen LogP) is 5.43. The van der Waals surface area contributed by atoms with Crippen molar-refractivity contribution in [3.05, 3.63) is 28.0 Å². The number of hydrogen-bond donors (Lipinski definition) is 0. The monoisotopic (exact) mass is 520 g/mol. The number of rotatable bonds is 0. The van der Waals surface area contributed by atoms with Gasteiger partial charge < -0.3 is 0 Å². The van der Waals surface area contributed by atoms with Crippen LogP contribution in [0.2, 0.25) is 0 Å². The molecule has 17 heavy (non-hydrogen) atoms. The Labute approximate surface area is 133 Å². The van der Waals surface area contributed by atoms with E-state index in [9.17, 15) is 13.2 Å². The van der Waals surface area contributed by atoms with E-state index in [0.717, 1.165) is 13.0 Å². The van der Waals surface area contributed by atoms with Gasteiger partial charge in [-0.05, 0) is 54.5 Å². The molecule has 0 aliphatic carbocycles. The first-order valence-corrected chi connectivity index (χ1v) is 8.04. The minimum atomic E-state index is -4.31. The zero-order valence-corrected chi connectivity index (χ0v) is 14.6. The van der Waals surface area contributed by atoms with Gasteiger partial charge in [-0.1, -0.05) is 0 Å². The number of aromatic nitrogens is 2. The van der Waals surface area contributed by atoms with Crippen LogP contribution in [0.15, 0.2) is 20.0 Å². The molecule has 2 aromatic rings. The Morgan fingerprint density at radius 2 is 1.59 bits per heavy atom. The fraction of sp³-hybridized carbons (Fsp3) is 0.143. The number of alkyl halides is 3. The normalized spacial score (nSPS) is 10.9. The van der Waals surface area contributed by atoms with Gasteiger partial charge in [-0.3, -0.25) is 0 Å². The fourth-order valence-corrected chi connectivity index (χ4v) is 4.39. The van der Waals surface area contributed by atoms with Crippen molar-refractivity contribution in [2.45, 2.75) is 6.18 Å². The van der Waals surface area contributed by atoms with E-state index in [-0.39, 0.29) is 0 Å². The molecule has 0 radical (unpaired) electrons. The van der Waals surface area contributed by atoms with Gasteiger partial charge in [-0.25, -0.2) is 9.97 Å². The Hall–Kier alpha value is 0.740. The lowest BCUT2D eigenvalue weighted by Gasteiger charge is -1.97. The summed E-state index contributed by atoms with van der Waals surface area (Å²) in [4.78, 5) is 7.11. The molecule has 0 saturated carbocycles. The van der Waals surface area contributed by atoms with Crippen molar-refractivity contribution in [1.82, 2.24) is 9.97 Å². The molecule has 2 rings (SSSR count). The molecular weight excluding hydrogens is 520 g/mol. The van der Waals surface area contributed by atoms with Gasteiger partial charge in [0, 0.05) is 0 Å². The van der Waals surface area contributed by atoms with Crippen LogP contribution in [0.1, 0.15) is 5.01 Å². The summed E-state index contributed by atoms with van der Waals surface area (Å²) in [6.07, 6.45) is -1.38. The molecule has 2 nitrogen and oxygen atoms in total. The van der Waals surface area contributed by atoms with E-state index in [4.69, 9.17) is 0 Å². The first kappa shape index (κ1) is 15.8. The molecule has 0 aliphatic heterocycles. The maximum atomic E-state index is 11.7. The van der Waals surface area contributed by atoms with Gasteiger partial charge in [0.2, 0.25) is 0 Å². The second-order valence-electron chi connectivity index (χ2n) is 2.38. The topological polar surface area (TPSA) is 25.8 Å². The third-order valence-electron chi connectivity index (χ3n) is 1.17. The zero-order chi connectivity index (χ0) is 13.1. The lowest BCUT2D eigenvalue weighted by molar-refractivity contribution is -0.137. The summed E-state index contributed by atoms with van der Waals surface area (Å²) in [5.41, 5.74) is 0. The van der Waals surface area contributed by atoms with Crippen LogP contribution in [0.3, 0.4) is 0 Å². The summed E-state index contributed by atoms with van der Waals surface area (Å²) in [6, 6.07) is 0. The molecule has 2 heterocycles. The Morgan fingerprint density at radius 1 is 1.06 bits per heavy atom. The van der Waals surface area contributed by atoms with E-state index in [0.29, 0.717) is 15.1 Å². The molecule has 0 atom stereocenters. The van der Waals surface area contributed by atoms with Crippen LogP contribution >= 0.6 is 77.1 Å². The van der Waals surface area contributed by atoms with Crippen molar-refractivity contribution in [2.24, 2.45) is 0 Å². The number of thiazole rings is 2. The summed E-state index contributed by atoms with van der Waals surface area (Å²) in [5.74, 6) is 0. The second-order valence-corrected chi connectivity index (χ2v) is 8.96. The molecule has 0 aliphatic rings. The first-order chi connectivity index (χ1) is 7.79. The predicted molar refractivity (Wildman–Crippen MR) is 77.3 cm³/mol. The van der Waals surface area contributed by atoms with Gasteiger partial charge in [-0.15, -0.1) is 22.7 Å². The summed E-state index contributed by atoms with van der Waals surface area (Å²) >= 11 is 10.6. The molecule has 2 aromatic heterocycles. The molecule has 0 aromatic carbocycles. The van der Waals surface area contributed by atoms with Crippen molar-refractivity contribution in [1.29, 1.82) is 0 Å². The largest absolute Gasteiger partial charge is 0.443 e. The van der Waals surface area contributed by atoms with Crippen LogP contribution in [0, 0.1) is 3.01 Å². The quantitative estimate of drug-likeness (QED) is 0.432. The van der Waals surface area contributed by atoms with Gasteiger partial charge in [-0.2, -0.15) is 13.2 Å². The van der Waals surface area contributed by atoms with Crippen molar-refractivity contribution in [3.63, 3.8) is 0 Å². The Morgan fingerprint density at radius 3 is 1.76 bits per heavy atom. The smallest absolute Gasteiger partial charge is 0.239 e. The van der Waals surface area contributed by atoms with E-state index in [1.165, 1.54) is 0 Å². The second kappa shape index (κ2) is 6.78. The summed E-state index contributed by atoms with van der Waals surface area (Å²) in [5, 5.41) is -0.820. The van der Waals surface area contributed by atoms with Gasteiger partial charge >= 0.3 is 6.18 Å². The van der Waals surface area contributed by atoms with Crippen LogP contribution in [0.25, 0.3) is 0 Å². The molecule has 0 bridgehead atoms. The van der Waals surface area contributed by atoms with E-state index in [2.05, 4.69) is 64.4 Å². The molecule has 0 fully saturated rings. The van der Waals surface area contributed by atoms with Crippen molar-refractivity contribution in [2.75, 3.05) is 0 Å². The van der Waals surface area contributed by atoms with Crippen molar-refractivity contribution >= 4 is 77.1 Å². The zero-order valence-electron chi connectivity index (χ0n) is 7.63. The molecule has 94 valence electrons. The molecular formula is C7H2Br2F3IN2S2. The Kier molecular flexibility index (Phi) is 6.30. The van der Waals surface area contributed by atoms with Crippen LogP contribution in [-0.4, -0.2) is 9.97 Å². The highest BCUT2D eigenvalue weighted by atomic mass is 127. The Bertz CT molecular complexity index is 469. The van der Waals surface area contributed by atoms with E-state index in [1.807, 2.05) is 0 Å². The number of nitrogens with zero attached hydrogens (tertiary/aromatic N) is 2. The molecule has 10 heteroatoms. The van der Waals surface area contributed by atoms with Crippen molar-refractivity contribution < 1.29 is 13.2 Å². The minimum absolute atomic E-state index is 0.389. The average molecular weight is 522 g/mol. The SMILES string of the molecule is Brc1cnc(I)s1.FC(F)(F)c1ncc(Br)s1. The van der Waals surface area contributed by atoms with Crippen LogP contribution in [0.4, 0.5) is 13.2 Å². The van der Waals surface area contributed by atoms with Crippen LogP contribution in [-0.2, 0) is 6.18 Å². The summed E-state index contributed by atoms with van der Waals surface area (Å²) < 4.78 is 37.7. The molecule has 0 unspecified atom stereocenters. The van der Waals surface area contributed by atoms with Gasteiger partial charge in [0.25, 0.3) is 0 Å². The van der Waals surface area contributed by atoms with Gasteiger partial charge in [0.15, 0.2) is 8.02 Å². The molecule has 0 saturated heterocycles. The van der Waals surface area contributed by atoms with Gasteiger partial charge in [0.1, 0.15) is 0 Å². The van der Waals surface area contributed by atoms with Crippen LogP contribution < -0.4 is 0 Å². The number of halogens is 6. The fourth-order valence-electron chi connectivity index (χ4n) is 0.620. The maximum Gasteiger partial charge on any atom is 0.443 e. The highest BCUT2D eigenvalue weighted by Gasteiger charge is 2.34. The van der Waals surface area contributed by atoms with Crippen LogP contribution in [0.5, 0.6) is 0 Å². The van der Waals surface area contributed by atoms with E-state index < -0.39 is 11.2 Å². The lowest BCUT2D eigenvalue weighted by Crippen LogP contribution is -2.02. The third-order valence-corrected chi connectivity index (χ3v) is 4.89. The highest BCUT2D eigenvalue weighted by molar-refractivity contribution is 14.1. The lowest BCUT2D eigenvalue weighted by atomic mass is 10.7. The maximum absolute atomic E-state index is 11.7. The van der Waals surface area contributed by atoms with Crippen molar-refractivity contribution in [3.8, 4) is 0 Å². The third kappa shape index (κ3) is 5.94. The number of hydrogen-bond acceptors (Lipinski definition) is 4. The van der Waals surface area contributed by atoms with E-state index in [1.54, 1.807) is 17.5 Å². The molecule has 0 N–H and O–H groups in total. The van der Waals surface area contributed by atoms with Gasteiger partial charge in [0.05, 0.1) is 20.0 Å². The van der Waals surface area contributed by atoms with E-state index >= 15 is 0 Å². The highest BCUT2D eigenvalue weighted by Crippen LogP contribution is 2.33.